The van der Waals surface area contributed by atoms with Crippen LogP contribution < -0.4 is 19.1 Å². The molecule has 10 heteroatoms. The summed E-state index contributed by atoms with van der Waals surface area (Å²) < 4.78 is 36.9. The Morgan fingerprint density at radius 3 is 2.26 bits per heavy atom. The van der Waals surface area contributed by atoms with Crippen molar-refractivity contribution in [2.45, 2.75) is 32.7 Å². The summed E-state index contributed by atoms with van der Waals surface area (Å²) in [7, 11) is -0.908. The highest BCUT2D eigenvalue weighted by molar-refractivity contribution is 7.92. The Bertz CT molecular complexity index is 1090. The number of anilines is 1. The van der Waals surface area contributed by atoms with Gasteiger partial charge in [-0.25, -0.2) is 8.42 Å². The molecule has 0 aliphatic heterocycles. The highest BCUT2D eigenvalue weighted by Gasteiger charge is 2.30. The van der Waals surface area contributed by atoms with Gasteiger partial charge in [-0.1, -0.05) is 37.3 Å². The lowest BCUT2D eigenvalue weighted by Crippen LogP contribution is -2.52. The number of amides is 2. The fourth-order valence-corrected chi connectivity index (χ4v) is 4.40. The van der Waals surface area contributed by atoms with Crippen LogP contribution in [-0.4, -0.2) is 71.3 Å². The van der Waals surface area contributed by atoms with E-state index in [2.05, 4.69) is 5.32 Å². The molecule has 1 N–H and O–H groups in total. The van der Waals surface area contributed by atoms with E-state index >= 15 is 0 Å². The van der Waals surface area contributed by atoms with Crippen LogP contribution in [-0.2, 0) is 26.0 Å². The molecule has 0 radical (unpaired) electrons. The summed E-state index contributed by atoms with van der Waals surface area (Å²) in [6.45, 7) is 3.87. The number of carbonyl (C=O) groups excluding carboxylic acids is 2. The van der Waals surface area contributed by atoms with Crippen molar-refractivity contribution in [3.63, 3.8) is 0 Å². The average molecular weight is 506 g/mol. The minimum atomic E-state index is -3.83. The van der Waals surface area contributed by atoms with Crippen LogP contribution in [0, 0.1) is 0 Å². The number of sulfonamides is 1. The molecule has 2 aromatic rings. The lowest BCUT2D eigenvalue weighted by Gasteiger charge is -2.31. The highest BCUT2D eigenvalue weighted by atomic mass is 32.2. The van der Waals surface area contributed by atoms with Crippen molar-refractivity contribution < 1.29 is 27.5 Å². The van der Waals surface area contributed by atoms with Crippen molar-refractivity contribution in [1.82, 2.24) is 10.2 Å². The monoisotopic (exact) mass is 505 g/mol. The SMILES string of the molecule is CCCNC(=O)[C@H](C)N(CCc1ccccc1)C(=O)CN(c1ccc(OC)c(OC)c1)S(C)(=O)=O. The van der Waals surface area contributed by atoms with E-state index in [0.29, 0.717) is 24.5 Å². The first kappa shape index (κ1) is 28.0. The molecule has 0 unspecified atom stereocenters. The molecule has 0 spiro atoms. The lowest BCUT2D eigenvalue weighted by molar-refractivity contribution is -0.138. The molecular weight excluding hydrogens is 470 g/mol. The molecule has 0 aromatic heterocycles. The van der Waals surface area contributed by atoms with Crippen LogP contribution in [0.4, 0.5) is 5.69 Å². The van der Waals surface area contributed by atoms with E-state index < -0.39 is 28.5 Å². The fourth-order valence-electron chi connectivity index (χ4n) is 3.56. The summed E-state index contributed by atoms with van der Waals surface area (Å²) in [5.74, 6) is -0.00773. The fraction of sp³-hybridized carbons (Fsp3) is 0.440. The van der Waals surface area contributed by atoms with E-state index in [1.54, 1.807) is 19.1 Å². The van der Waals surface area contributed by atoms with Gasteiger partial charge in [-0.2, -0.15) is 0 Å². The Kier molecular flexibility index (Phi) is 10.4. The number of hydrogen-bond donors (Lipinski definition) is 1. The maximum atomic E-state index is 13.5. The molecule has 0 saturated heterocycles. The largest absolute Gasteiger partial charge is 0.493 e. The first-order valence-corrected chi connectivity index (χ1v) is 13.3. The number of ether oxygens (including phenoxy) is 2. The standard InChI is InChI=1S/C25H35N3O6S/c1-6-15-26-25(30)19(2)27(16-14-20-10-8-7-9-11-20)24(29)18-28(35(5,31)32)21-12-13-22(33-3)23(17-21)34-4/h7-13,17,19H,6,14-16,18H2,1-5H3,(H,26,30)/t19-/m0/s1. The summed E-state index contributed by atoms with van der Waals surface area (Å²) in [5, 5.41) is 2.81. The van der Waals surface area contributed by atoms with Crippen LogP contribution in [0.25, 0.3) is 0 Å². The number of nitrogens with zero attached hydrogens (tertiary/aromatic N) is 2. The van der Waals surface area contributed by atoms with Gasteiger partial charge in [0.15, 0.2) is 11.5 Å². The van der Waals surface area contributed by atoms with E-state index in [0.717, 1.165) is 22.5 Å². The molecule has 0 heterocycles. The zero-order chi connectivity index (χ0) is 26.0. The van der Waals surface area contributed by atoms with Crippen molar-refractivity contribution in [3.8, 4) is 11.5 Å². The second kappa shape index (κ2) is 13.0. The molecular formula is C25H35N3O6S. The zero-order valence-corrected chi connectivity index (χ0v) is 21.8. The minimum Gasteiger partial charge on any atom is -0.493 e. The van der Waals surface area contributed by atoms with Crippen molar-refractivity contribution in [2.75, 3.05) is 44.4 Å². The molecule has 2 rings (SSSR count). The second-order valence-corrected chi connectivity index (χ2v) is 10.0. The molecule has 0 bridgehead atoms. The summed E-state index contributed by atoms with van der Waals surface area (Å²) in [4.78, 5) is 27.6. The molecule has 0 saturated carbocycles. The predicted octanol–water partition coefficient (Wildman–Crippen LogP) is 2.46. The van der Waals surface area contributed by atoms with Crippen LogP contribution in [0.3, 0.4) is 0 Å². The molecule has 9 nitrogen and oxygen atoms in total. The lowest BCUT2D eigenvalue weighted by atomic mass is 10.1. The van der Waals surface area contributed by atoms with E-state index in [-0.39, 0.29) is 18.1 Å². The van der Waals surface area contributed by atoms with E-state index in [9.17, 15) is 18.0 Å². The summed E-state index contributed by atoms with van der Waals surface area (Å²) >= 11 is 0. The number of benzene rings is 2. The van der Waals surface area contributed by atoms with Gasteiger partial charge >= 0.3 is 0 Å². The van der Waals surface area contributed by atoms with Crippen molar-refractivity contribution >= 4 is 27.5 Å². The quantitative estimate of drug-likeness (QED) is 0.448. The van der Waals surface area contributed by atoms with Crippen LogP contribution in [0.1, 0.15) is 25.8 Å². The van der Waals surface area contributed by atoms with E-state index in [1.165, 1.54) is 25.2 Å². The van der Waals surface area contributed by atoms with Gasteiger partial charge in [0.2, 0.25) is 21.8 Å². The Balaban J connectivity index is 2.34. The van der Waals surface area contributed by atoms with Gasteiger partial charge in [0.05, 0.1) is 26.2 Å². The Morgan fingerprint density at radius 2 is 1.69 bits per heavy atom. The van der Waals surface area contributed by atoms with Crippen molar-refractivity contribution in [1.29, 1.82) is 0 Å². The number of nitrogens with one attached hydrogen (secondary N) is 1. The Labute approximate surface area is 208 Å². The first-order chi connectivity index (χ1) is 16.6. The van der Waals surface area contributed by atoms with Crippen LogP contribution in [0.15, 0.2) is 48.5 Å². The minimum absolute atomic E-state index is 0.254. The predicted molar refractivity (Wildman–Crippen MR) is 136 cm³/mol. The molecule has 0 fully saturated rings. The molecule has 2 aromatic carbocycles. The van der Waals surface area contributed by atoms with E-state index in [1.807, 2.05) is 37.3 Å². The first-order valence-electron chi connectivity index (χ1n) is 11.4. The maximum absolute atomic E-state index is 13.5. The highest BCUT2D eigenvalue weighted by Crippen LogP contribution is 2.32. The van der Waals surface area contributed by atoms with Gasteiger partial charge in [0.25, 0.3) is 0 Å². The van der Waals surface area contributed by atoms with E-state index in [4.69, 9.17) is 9.47 Å². The number of hydrogen-bond acceptors (Lipinski definition) is 6. The van der Waals surface area contributed by atoms with Crippen LogP contribution >= 0.6 is 0 Å². The van der Waals surface area contributed by atoms with Gasteiger partial charge in [-0.3, -0.25) is 13.9 Å². The third kappa shape index (κ3) is 7.88. The summed E-state index contributed by atoms with van der Waals surface area (Å²) in [5.41, 5.74) is 1.26. The summed E-state index contributed by atoms with van der Waals surface area (Å²) in [6, 6.07) is 13.4. The van der Waals surface area contributed by atoms with Crippen molar-refractivity contribution in [3.05, 3.63) is 54.1 Å². The van der Waals surface area contributed by atoms with Crippen molar-refractivity contribution in [2.24, 2.45) is 0 Å². The van der Waals surface area contributed by atoms with Gasteiger partial charge in [0, 0.05) is 19.2 Å². The molecule has 2 amide bonds. The molecule has 1 atom stereocenters. The van der Waals surface area contributed by atoms with Gasteiger partial charge in [-0.15, -0.1) is 0 Å². The molecule has 35 heavy (non-hydrogen) atoms. The molecule has 192 valence electrons. The average Bonchev–Trinajstić information content (AvgIpc) is 2.85. The van der Waals surface area contributed by atoms with Crippen LogP contribution in [0.5, 0.6) is 11.5 Å². The Hall–Kier alpha value is -3.27. The number of methoxy groups -OCH3 is 2. The smallest absolute Gasteiger partial charge is 0.244 e. The third-order valence-electron chi connectivity index (χ3n) is 5.54. The normalized spacial score (nSPS) is 11.9. The van der Waals surface area contributed by atoms with Gasteiger partial charge in [-0.05, 0) is 37.5 Å². The molecule has 0 aliphatic rings. The zero-order valence-electron chi connectivity index (χ0n) is 21.0. The number of rotatable bonds is 13. The third-order valence-corrected chi connectivity index (χ3v) is 6.68. The van der Waals surface area contributed by atoms with Gasteiger partial charge < -0.3 is 19.7 Å². The molecule has 0 aliphatic carbocycles. The summed E-state index contributed by atoms with van der Waals surface area (Å²) in [6.07, 6.45) is 2.31. The second-order valence-electron chi connectivity index (χ2n) is 8.10. The topological polar surface area (TPSA) is 105 Å². The number of carbonyl (C=O) groups is 2. The Morgan fingerprint density at radius 1 is 1.03 bits per heavy atom. The van der Waals surface area contributed by atoms with Gasteiger partial charge in [0.1, 0.15) is 12.6 Å². The maximum Gasteiger partial charge on any atom is 0.244 e. The van der Waals surface area contributed by atoms with Crippen LogP contribution in [0.2, 0.25) is 0 Å².